The van der Waals surface area contributed by atoms with Crippen LogP contribution < -0.4 is 0 Å². The van der Waals surface area contributed by atoms with Gasteiger partial charge in [0.2, 0.25) is 0 Å². The molecule has 1 aromatic carbocycles. The Bertz CT molecular complexity index is 924. The first-order valence-electron chi connectivity index (χ1n) is 13.5. The summed E-state index contributed by atoms with van der Waals surface area (Å²) in [5.74, 6) is 0. The summed E-state index contributed by atoms with van der Waals surface area (Å²) < 4.78 is 35.9. The molecule has 1 saturated heterocycles. The van der Waals surface area contributed by atoms with Crippen LogP contribution in [0.1, 0.15) is 64.9 Å². The van der Waals surface area contributed by atoms with E-state index in [4.69, 9.17) is 0 Å². The topological polar surface area (TPSA) is 37.4 Å². The molecular formula is C28H49NO2SSiSn. The molecule has 2 rings (SSSR count). The summed E-state index contributed by atoms with van der Waals surface area (Å²) in [5, 5.41) is 0. The van der Waals surface area contributed by atoms with Crippen LogP contribution in [-0.4, -0.2) is 52.3 Å². The van der Waals surface area contributed by atoms with E-state index >= 15 is 0 Å². The molecular weight excluding hydrogens is 561 g/mol. The van der Waals surface area contributed by atoms with Crippen molar-refractivity contribution in [3.63, 3.8) is 0 Å². The Morgan fingerprint density at radius 3 is 1.76 bits per heavy atom. The monoisotopic (exact) mass is 611 g/mol. The molecule has 0 saturated carbocycles. The van der Waals surface area contributed by atoms with Crippen LogP contribution in [0.25, 0.3) is 0 Å². The number of sulfonamides is 1. The Morgan fingerprint density at radius 2 is 1.32 bits per heavy atom. The molecule has 0 aromatic heterocycles. The van der Waals surface area contributed by atoms with Crippen molar-refractivity contribution < 1.29 is 8.42 Å². The molecule has 6 heteroatoms. The van der Waals surface area contributed by atoms with Crippen molar-refractivity contribution in [3.05, 3.63) is 50.8 Å². The minimum atomic E-state index is -3.49. The Hall–Kier alpha value is -0.374. The van der Waals surface area contributed by atoms with Gasteiger partial charge in [-0.25, -0.2) is 0 Å². The first-order valence-corrected chi connectivity index (χ1v) is 26.2. The van der Waals surface area contributed by atoms with Crippen molar-refractivity contribution in [1.82, 2.24) is 4.31 Å². The summed E-state index contributed by atoms with van der Waals surface area (Å²) in [6.07, 6.45) is 7.74. The van der Waals surface area contributed by atoms with Gasteiger partial charge in [-0.3, -0.25) is 0 Å². The van der Waals surface area contributed by atoms with E-state index < -0.39 is 36.5 Å². The van der Waals surface area contributed by atoms with Crippen molar-refractivity contribution in [1.29, 1.82) is 0 Å². The summed E-state index contributed by atoms with van der Waals surface area (Å²) in [4.78, 5) is 0.421. The van der Waals surface area contributed by atoms with Crippen LogP contribution in [0.2, 0.25) is 33.0 Å². The zero-order valence-electron chi connectivity index (χ0n) is 22.9. The molecule has 0 amide bonds. The fraction of sp³-hybridized carbons (Fsp3) is 0.643. The standard InChI is InChI=1S/C16H22NO2SSi.3C4H9.Sn/c1-13-6-8-16(9-7-13)20(18,19)17-10-14(2)15(11-17)12-21(3,4)5;3*1-3-4-2;/h2,6-9,12H,10-11H2,1,3-5H3;3*1,3-4H2,2H3;/b14-2?,15-12+;;;;. The molecule has 0 spiro atoms. The second-order valence-electron chi connectivity index (χ2n) is 11.5. The van der Waals surface area contributed by atoms with E-state index in [-0.39, 0.29) is 0 Å². The van der Waals surface area contributed by atoms with Gasteiger partial charge in [0, 0.05) is 0 Å². The zero-order valence-corrected chi connectivity index (χ0v) is 27.6. The molecule has 1 aliphatic heterocycles. The van der Waals surface area contributed by atoms with Gasteiger partial charge in [0.05, 0.1) is 0 Å². The van der Waals surface area contributed by atoms with E-state index in [2.05, 4.69) is 50.2 Å². The molecule has 192 valence electrons. The Morgan fingerprint density at radius 1 is 0.853 bits per heavy atom. The average molecular weight is 611 g/mol. The Labute approximate surface area is 216 Å². The van der Waals surface area contributed by atoms with E-state index in [0.717, 1.165) is 5.56 Å². The maximum absolute atomic E-state index is 13.6. The van der Waals surface area contributed by atoms with Crippen molar-refractivity contribution in [3.8, 4) is 0 Å². The number of aryl methyl sites for hydroxylation is 1. The summed E-state index contributed by atoms with van der Waals surface area (Å²) in [6.45, 7) is 17.1. The SMILES string of the molecule is CCC[CH2][Sn](/[CH]=C1\CN(S(=O)(=O)c2ccc(C)cc2)C\C1=C/[Si](C)(C)C)([CH2]CCC)[CH2]CCC. The fourth-order valence-corrected chi connectivity index (χ4v) is 23.1. The summed E-state index contributed by atoms with van der Waals surface area (Å²) >= 11 is -2.55. The van der Waals surface area contributed by atoms with Crippen molar-refractivity contribution >= 4 is 36.5 Å². The van der Waals surface area contributed by atoms with Crippen LogP contribution in [0.5, 0.6) is 0 Å². The van der Waals surface area contributed by atoms with E-state index in [1.54, 1.807) is 16.4 Å². The Balaban J connectivity index is 2.53. The molecule has 0 radical (unpaired) electrons. The predicted octanol–water partition coefficient (Wildman–Crippen LogP) is 8.12. The van der Waals surface area contributed by atoms with Gasteiger partial charge in [-0.15, -0.1) is 0 Å². The third-order valence-corrected chi connectivity index (χ3v) is 24.3. The molecule has 0 atom stereocenters. The van der Waals surface area contributed by atoms with E-state index in [0.29, 0.717) is 18.0 Å². The molecule has 1 aromatic rings. The van der Waals surface area contributed by atoms with Gasteiger partial charge in [-0.1, -0.05) is 0 Å². The number of hydrogen-bond acceptors (Lipinski definition) is 2. The first-order chi connectivity index (χ1) is 16.0. The van der Waals surface area contributed by atoms with Crippen LogP contribution in [0.3, 0.4) is 0 Å². The molecule has 0 aliphatic carbocycles. The van der Waals surface area contributed by atoms with Crippen LogP contribution in [0.15, 0.2) is 50.1 Å². The van der Waals surface area contributed by atoms with Crippen molar-refractivity contribution in [2.75, 3.05) is 13.1 Å². The van der Waals surface area contributed by atoms with Gasteiger partial charge in [0.25, 0.3) is 0 Å². The number of nitrogens with zero attached hydrogens (tertiary/aromatic N) is 1. The number of rotatable bonds is 13. The number of unbranched alkanes of at least 4 members (excludes halogenated alkanes) is 3. The van der Waals surface area contributed by atoms with Gasteiger partial charge in [-0.2, -0.15) is 0 Å². The fourth-order valence-electron chi connectivity index (χ4n) is 5.02. The third kappa shape index (κ3) is 8.63. The molecule has 3 nitrogen and oxygen atoms in total. The van der Waals surface area contributed by atoms with Gasteiger partial charge in [0.1, 0.15) is 0 Å². The first kappa shape index (κ1) is 29.9. The second kappa shape index (κ2) is 13.3. The maximum atomic E-state index is 13.6. The molecule has 1 aliphatic rings. The number of hydrogen-bond donors (Lipinski definition) is 0. The van der Waals surface area contributed by atoms with Crippen LogP contribution in [0, 0.1) is 6.92 Å². The molecule has 34 heavy (non-hydrogen) atoms. The normalized spacial score (nSPS) is 18.3. The van der Waals surface area contributed by atoms with E-state index in [1.807, 2.05) is 19.1 Å². The second-order valence-corrected chi connectivity index (χ2v) is 31.3. The van der Waals surface area contributed by atoms with Gasteiger partial charge >= 0.3 is 217 Å². The van der Waals surface area contributed by atoms with Gasteiger partial charge < -0.3 is 0 Å². The van der Waals surface area contributed by atoms with Crippen LogP contribution in [-0.2, 0) is 10.0 Å². The third-order valence-electron chi connectivity index (χ3n) is 6.94. The molecule has 0 N–H and O–H groups in total. The van der Waals surface area contributed by atoms with Crippen molar-refractivity contribution in [2.24, 2.45) is 0 Å². The quantitative estimate of drug-likeness (QED) is 0.212. The summed E-state index contributed by atoms with van der Waals surface area (Å²) in [6, 6.07) is 7.34. The zero-order chi connectivity index (χ0) is 25.4. The van der Waals surface area contributed by atoms with Crippen molar-refractivity contribution in [2.45, 2.75) is 104 Å². The van der Waals surface area contributed by atoms with Gasteiger partial charge in [-0.05, 0) is 0 Å². The number of benzene rings is 1. The summed E-state index contributed by atoms with van der Waals surface area (Å²) in [7, 11) is -4.98. The molecule has 1 heterocycles. The molecule has 0 bridgehead atoms. The minimum absolute atomic E-state index is 0.421. The average Bonchev–Trinajstić information content (AvgIpc) is 3.16. The van der Waals surface area contributed by atoms with Gasteiger partial charge in [0.15, 0.2) is 0 Å². The van der Waals surface area contributed by atoms with Crippen LogP contribution >= 0.6 is 0 Å². The van der Waals surface area contributed by atoms with E-state index in [1.165, 1.54) is 63.0 Å². The predicted molar refractivity (Wildman–Crippen MR) is 154 cm³/mol. The van der Waals surface area contributed by atoms with E-state index in [9.17, 15) is 8.42 Å². The molecule has 1 fully saturated rings. The molecule has 0 unspecified atom stereocenters. The Kier molecular flexibility index (Phi) is 11.6. The summed E-state index contributed by atoms with van der Waals surface area (Å²) in [5.41, 5.74) is 6.22. The van der Waals surface area contributed by atoms with Crippen LogP contribution in [0.4, 0.5) is 0 Å².